The van der Waals surface area contributed by atoms with E-state index in [2.05, 4.69) is 17.9 Å². The van der Waals surface area contributed by atoms with Gasteiger partial charge < -0.3 is 10.4 Å². The molecule has 1 aromatic rings. The minimum atomic E-state index is -1.13. The average Bonchev–Trinajstić information content (AvgIpc) is 2.58. The summed E-state index contributed by atoms with van der Waals surface area (Å²) < 4.78 is 0. The van der Waals surface area contributed by atoms with Crippen molar-refractivity contribution in [1.29, 1.82) is 0 Å². The largest absolute Gasteiger partial charge is 0.477 e. The summed E-state index contributed by atoms with van der Waals surface area (Å²) in [5, 5.41) is 11.7. The molecule has 1 saturated heterocycles. The number of rotatable bonds is 5. The first kappa shape index (κ1) is 16.9. The van der Waals surface area contributed by atoms with Crippen LogP contribution in [0.5, 0.6) is 0 Å². The third kappa shape index (κ3) is 3.03. The lowest BCUT2D eigenvalue weighted by molar-refractivity contribution is -0.150. The molecule has 24 heavy (non-hydrogen) atoms. The number of thioether (sulfide) groups is 1. The van der Waals surface area contributed by atoms with Crippen molar-refractivity contribution in [2.75, 3.05) is 11.5 Å². The van der Waals surface area contributed by atoms with Gasteiger partial charge in [0.15, 0.2) is 0 Å². The number of carboxylic acids is 1. The van der Waals surface area contributed by atoms with E-state index in [9.17, 15) is 19.5 Å². The Kier molecular flexibility index (Phi) is 4.86. The molecule has 0 saturated carbocycles. The third-order valence-electron chi connectivity index (χ3n) is 3.96. The molecule has 2 unspecified atom stereocenters. The minimum absolute atomic E-state index is 0.00677. The molecule has 126 valence electrons. The molecule has 2 amide bonds. The summed E-state index contributed by atoms with van der Waals surface area (Å²) in [4.78, 5) is 37.2. The van der Waals surface area contributed by atoms with Gasteiger partial charge in [-0.05, 0) is 11.1 Å². The first-order valence-corrected chi connectivity index (χ1v) is 9.05. The molecule has 8 heteroatoms. The number of carbonyl (C=O) groups is 3. The second-order valence-corrected chi connectivity index (χ2v) is 6.95. The highest BCUT2D eigenvalue weighted by Gasteiger charge is 2.53. The van der Waals surface area contributed by atoms with E-state index in [0.29, 0.717) is 11.3 Å². The van der Waals surface area contributed by atoms with Crippen LogP contribution in [0.1, 0.15) is 5.56 Å². The number of nitrogens with one attached hydrogen (secondary N) is 1. The first-order valence-electron chi connectivity index (χ1n) is 7.37. The van der Waals surface area contributed by atoms with Gasteiger partial charge in [0.2, 0.25) is 5.91 Å². The Morgan fingerprint density at radius 2 is 2.04 bits per heavy atom. The highest BCUT2D eigenvalue weighted by molar-refractivity contribution is 8.00. The Morgan fingerprint density at radius 3 is 2.67 bits per heavy atom. The quantitative estimate of drug-likeness (QED) is 0.534. The van der Waals surface area contributed by atoms with E-state index in [0.717, 1.165) is 5.56 Å². The van der Waals surface area contributed by atoms with Crippen LogP contribution in [0.3, 0.4) is 0 Å². The molecule has 0 aromatic heterocycles. The number of hydrogen-bond acceptors (Lipinski definition) is 5. The van der Waals surface area contributed by atoms with E-state index in [1.54, 1.807) is 0 Å². The fourth-order valence-electron chi connectivity index (χ4n) is 2.81. The maximum atomic E-state index is 12.3. The topological polar surface area (TPSA) is 86.7 Å². The van der Waals surface area contributed by atoms with Gasteiger partial charge in [-0.15, -0.1) is 11.8 Å². The van der Waals surface area contributed by atoms with Crippen molar-refractivity contribution in [3.8, 4) is 0 Å². The summed E-state index contributed by atoms with van der Waals surface area (Å²) in [6.45, 7) is 0. The standard InChI is InChI=1S/C16H16N2O4S2/c19-11(6-9-4-2-1-3-5-9)17-12-14(20)18-13(16(21)22)10(7-23)8-24-15(12)18/h1-5,12,15,23H,6-8H2,(H,17,19)(H,21,22). The Morgan fingerprint density at radius 1 is 1.33 bits per heavy atom. The zero-order chi connectivity index (χ0) is 17.3. The molecule has 2 atom stereocenters. The fourth-order valence-corrected chi connectivity index (χ4v) is 4.57. The number of nitrogens with zero attached hydrogens (tertiary/aromatic N) is 1. The first-order chi connectivity index (χ1) is 11.5. The van der Waals surface area contributed by atoms with Crippen molar-refractivity contribution in [2.45, 2.75) is 17.8 Å². The number of carbonyl (C=O) groups excluding carboxylic acids is 2. The van der Waals surface area contributed by atoms with Gasteiger partial charge in [0.05, 0.1) is 6.42 Å². The average molecular weight is 364 g/mol. The minimum Gasteiger partial charge on any atom is -0.477 e. The van der Waals surface area contributed by atoms with Crippen molar-refractivity contribution >= 4 is 42.2 Å². The molecule has 2 aliphatic heterocycles. The molecule has 0 spiro atoms. The number of carboxylic acid groups (broad SMARTS) is 1. The summed E-state index contributed by atoms with van der Waals surface area (Å²) in [7, 11) is 0. The molecule has 1 fully saturated rings. The Hall–Kier alpha value is -1.93. The van der Waals surface area contributed by atoms with Crippen LogP contribution >= 0.6 is 24.4 Å². The van der Waals surface area contributed by atoms with E-state index in [-0.39, 0.29) is 35.1 Å². The number of β-lactam (4-membered cyclic amide) rings is 1. The Balaban J connectivity index is 1.69. The van der Waals surface area contributed by atoms with Crippen molar-refractivity contribution in [3.63, 3.8) is 0 Å². The molecule has 2 heterocycles. The number of thiol groups is 1. The van der Waals surface area contributed by atoms with Crippen LogP contribution in [0, 0.1) is 0 Å². The second-order valence-electron chi connectivity index (χ2n) is 5.53. The maximum Gasteiger partial charge on any atom is 0.352 e. The highest BCUT2D eigenvalue weighted by atomic mass is 32.2. The molecule has 6 nitrogen and oxygen atoms in total. The highest BCUT2D eigenvalue weighted by Crippen LogP contribution is 2.40. The van der Waals surface area contributed by atoms with Gasteiger partial charge in [-0.3, -0.25) is 14.5 Å². The Bertz CT molecular complexity index is 720. The normalized spacial score (nSPS) is 22.7. The molecule has 0 bridgehead atoms. The number of aliphatic carboxylic acids is 1. The summed E-state index contributed by atoms with van der Waals surface area (Å²) in [6.07, 6.45) is 0.186. The van der Waals surface area contributed by atoms with Crippen LogP contribution in [0.2, 0.25) is 0 Å². The van der Waals surface area contributed by atoms with Crippen LogP contribution in [0.15, 0.2) is 41.6 Å². The van der Waals surface area contributed by atoms with Gasteiger partial charge in [0, 0.05) is 11.5 Å². The molecule has 2 N–H and O–H groups in total. The lowest BCUT2D eigenvalue weighted by atomic mass is 10.0. The predicted octanol–water partition coefficient (Wildman–Crippen LogP) is 0.897. The van der Waals surface area contributed by atoms with E-state index in [1.165, 1.54) is 16.7 Å². The van der Waals surface area contributed by atoms with Crippen LogP contribution in [-0.4, -0.2) is 50.7 Å². The second kappa shape index (κ2) is 6.90. The number of fused-ring (bicyclic) bond motifs is 1. The van der Waals surface area contributed by atoms with Gasteiger partial charge in [0.25, 0.3) is 5.91 Å². The van der Waals surface area contributed by atoms with Gasteiger partial charge in [0.1, 0.15) is 17.1 Å². The number of benzene rings is 1. The van der Waals surface area contributed by atoms with E-state index in [1.807, 2.05) is 30.3 Å². The van der Waals surface area contributed by atoms with Gasteiger partial charge in [-0.2, -0.15) is 12.6 Å². The molecular weight excluding hydrogens is 348 g/mol. The zero-order valence-electron chi connectivity index (χ0n) is 12.6. The molecule has 1 aromatic carbocycles. The molecular formula is C16H16N2O4S2. The van der Waals surface area contributed by atoms with Crippen LogP contribution in [-0.2, 0) is 20.8 Å². The van der Waals surface area contributed by atoms with E-state index in [4.69, 9.17) is 0 Å². The van der Waals surface area contributed by atoms with E-state index >= 15 is 0 Å². The summed E-state index contributed by atoms with van der Waals surface area (Å²) in [5.41, 5.74) is 1.49. The monoisotopic (exact) mass is 364 g/mol. The van der Waals surface area contributed by atoms with Gasteiger partial charge in [-0.25, -0.2) is 4.79 Å². The van der Waals surface area contributed by atoms with Gasteiger partial charge in [-0.1, -0.05) is 30.3 Å². The fraction of sp³-hybridized carbons (Fsp3) is 0.312. The number of amides is 2. The predicted molar refractivity (Wildman–Crippen MR) is 93.7 cm³/mol. The molecule has 3 rings (SSSR count). The van der Waals surface area contributed by atoms with Crippen molar-refractivity contribution in [1.82, 2.24) is 10.2 Å². The van der Waals surface area contributed by atoms with Crippen LogP contribution in [0.25, 0.3) is 0 Å². The molecule has 2 aliphatic rings. The summed E-state index contributed by atoms with van der Waals surface area (Å²) in [6, 6.07) is 8.56. The number of hydrogen-bond donors (Lipinski definition) is 3. The van der Waals surface area contributed by atoms with Crippen LogP contribution < -0.4 is 5.32 Å². The SMILES string of the molecule is O=C(Cc1ccccc1)NC1C(=O)N2C(C(=O)O)=C(CS)CSC12. The zero-order valence-corrected chi connectivity index (χ0v) is 14.3. The maximum absolute atomic E-state index is 12.3. The summed E-state index contributed by atoms with van der Waals surface area (Å²) >= 11 is 5.58. The van der Waals surface area contributed by atoms with Crippen molar-refractivity contribution < 1.29 is 19.5 Å². The van der Waals surface area contributed by atoms with Gasteiger partial charge >= 0.3 is 5.97 Å². The van der Waals surface area contributed by atoms with Crippen molar-refractivity contribution in [3.05, 3.63) is 47.2 Å². The molecule has 0 aliphatic carbocycles. The lowest BCUT2D eigenvalue weighted by Gasteiger charge is -2.49. The molecule has 0 radical (unpaired) electrons. The smallest absolute Gasteiger partial charge is 0.352 e. The third-order valence-corrected chi connectivity index (χ3v) is 5.69. The van der Waals surface area contributed by atoms with Crippen molar-refractivity contribution in [2.24, 2.45) is 0 Å². The Labute approximate surface area is 148 Å². The van der Waals surface area contributed by atoms with E-state index < -0.39 is 12.0 Å². The lowest BCUT2D eigenvalue weighted by Crippen LogP contribution is -2.70. The summed E-state index contributed by atoms with van der Waals surface area (Å²) in [5.74, 6) is -0.987. The van der Waals surface area contributed by atoms with Crippen LogP contribution in [0.4, 0.5) is 0 Å².